The second kappa shape index (κ2) is 7.14. The molecule has 0 aliphatic carbocycles. The van der Waals surface area contributed by atoms with E-state index < -0.39 is 5.97 Å². The van der Waals surface area contributed by atoms with Gasteiger partial charge in [-0.15, -0.1) is 10.2 Å². The van der Waals surface area contributed by atoms with Gasteiger partial charge in [0.05, 0.1) is 7.11 Å². The minimum atomic E-state index is -0.567. The normalized spacial score (nSPS) is 10.4. The molecule has 1 aromatic heterocycles. The van der Waals surface area contributed by atoms with Gasteiger partial charge in [-0.3, -0.25) is 0 Å². The van der Waals surface area contributed by atoms with Crippen molar-refractivity contribution in [1.29, 1.82) is 0 Å². The summed E-state index contributed by atoms with van der Waals surface area (Å²) in [7, 11) is 1.45. The van der Waals surface area contributed by atoms with Gasteiger partial charge in [-0.1, -0.05) is 29.8 Å². The van der Waals surface area contributed by atoms with Gasteiger partial charge < -0.3 is 13.9 Å². The first-order valence-corrected chi connectivity index (χ1v) is 7.43. The molecule has 3 aromatic rings. The summed E-state index contributed by atoms with van der Waals surface area (Å²) >= 11 is 5.87. The average Bonchev–Trinajstić information content (AvgIpc) is 3.09. The van der Waals surface area contributed by atoms with E-state index in [-0.39, 0.29) is 18.1 Å². The molecule has 0 aliphatic rings. The Morgan fingerprint density at radius 3 is 2.71 bits per heavy atom. The summed E-state index contributed by atoms with van der Waals surface area (Å²) < 4.78 is 15.8. The van der Waals surface area contributed by atoms with E-state index in [4.69, 9.17) is 25.5 Å². The van der Waals surface area contributed by atoms with Crippen molar-refractivity contribution in [3.05, 3.63) is 65.0 Å². The van der Waals surface area contributed by atoms with E-state index in [1.807, 2.05) is 30.3 Å². The Balaban J connectivity index is 1.68. The number of rotatable bonds is 5. The molecule has 24 heavy (non-hydrogen) atoms. The van der Waals surface area contributed by atoms with Crippen LogP contribution >= 0.6 is 11.6 Å². The molecule has 2 aromatic carbocycles. The summed E-state index contributed by atoms with van der Waals surface area (Å²) in [6, 6.07) is 14.0. The van der Waals surface area contributed by atoms with Crippen LogP contribution in [0, 0.1) is 0 Å². The van der Waals surface area contributed by atoms with E-state index in [0.29, 0.717) is 16.7 Å². The molecule has 0 fully saturated rings. The van der Waals surface area contributed by atoms with Crippen molar-refractivity contribution in [1.82, 2.24) is 10.2 Å². The lowest BCUT2D eigenvalue weighted by Crippen LogP contribution is -2.07. The van der Waals surface area contributed by atoms with Crippen LogP contribution in [0.4, 0.5) is 0 Å². The van der Waals surface area contributed by atoms with E-state index in [1.165, 1.54) is 13.2 Å². The number of carbonyl (C=O) groups is 1. The Labute approximate surface area is 143 Å². The maximum Gasteiger partial charge on any atom is 0.342 e. The first-order chi connectivity index (χ1) is 11.7. The molecule has 122 valence electrons. The Kier molecular flexibility index (Phi) is 4.77. The van der Waals surface area contributed by atoms with Gasteiger partial charge in [0.15, 0.2) is 6.61 Å². The fourth-order valence-corrected chi connectivity index (χ4v) is 2.21. The molecule has 6 nitrogen and oxygen atoms in total. The molecular weight excluding hydrogens is 332 g/mol. The second-order valence-electron chi connectivity index (χ2n) is 4.79. The predicted octanol–water partition coefficient (Wildman–Crippen LogP) is 3.76. The molecular formula is C17H13ClN2O4. The predicted molar refractivity (Wildman–Crippen MR) is 86.9 cm³/mol. The van der Waals surface area contributed by atoms with Crippen LogP contribution in [0.1, 0.15) is 16.2 Å². The van der Waals surface area contributed by atoms with Crippen LogP contribution < -0.4 is 4.74 Å². The lowest BCUT2D eigenvalue weighted by Gasteiger charge is -2.07. The van der Waals surface area contributed by atoms with Crippen LogP contribution in [-0.2, 0) is 11.3 Å². The maximum absolute atomic E-state index is 12.2. The van der Waals surface area contributed by atoms with Crippen molar-refractivity contribution < 1.29 is 18.7 Å². The number of benzene rings is 2. The maximum atomic E-state index is 12.2. The fourth-order valence-electron chi connectivity index (χ4n) is 2.05. The van der Waals surface area contributed by atoms with Crippen molar-refractivity contribution in [2.45, 2.75) is 6.61 Å². The number of carbonyl (C=O) groups excluding carboxylic acids is 1. The monoisotopic (exact) mass is 344 g/mol. The second-order valence-corrected chi connectivity index (χ2v) is 5.22. The molecule has 0 unspecified atom stereocenters. The molecule has 0 N–H and O–H groups in total. The summed E-state index contributed by atoms with van der Waals surface area (Å²) in [6.07, 6.45) is 0. The summed E-state index contributed by atoms with van der Waals surface area (Å²) in [5.74, 6) is 0.340. The topological polar surface area (TPSA) is 74.5 Å². The number of hydrogen-bond acceptors (Lipinski definition) is 6. The van der Waals surface area contributed by atoms with Crippen molar-refractivity contribution in [3.8, 4) is 17.2 Å². The molecule has 7 heteroatoms. The molecule has 0 atom stereocenters. The zero-order chi connectivity index (χ0) is 16.9. The van der Waals surface area contributed by atoms with Gasteiger partial charge in [-0.2, -0.15) is 0 Å². The van der Waals surface area contributed by atoms with E-state index >= 15 is 0 Å². The summed E-state index contributed by atoms with van der Waals surface area (Å²) in [5, 5.41) is 8.27. The molecule has 0 saturated carbocycles. The van der Waals surface area contributed by atoms with Gasteiger partial charge in [0.25, 0.3) is 5.89 Å². The van der Waals surface area contributed by atoms with Gasteiger partial charge in [0.2, 0.25) is 5.89 Å². The largest absolute Gasteiger partial charge is 0.496 e. The fraction of sp³-hybridized carbons (Fsp3) is 0.118. The van der Waals surface area contributed by atoms with Crippen LogP contribution in [0.5, 0.6) is 5.75 Å². The van der Waals surface area contributed by atoms with E-state index in [0.717, 1.165) is 5.56 Å². The van der Waals surface area contributed by atoms with Crippen LogP contribution in [0.3, 0.4) is 0 Å². The highest BCUT2D eigenvalue weighted by Crippen LogP contribution is 2.24. The minimum Gasteiger partial charge on any atom is -0.496 e. The van der Waals surface area contributed by atoms with Crippen LogP contribution in [0.15, 0.2) is 52.9 Å². The van der Waals surface area contributed by atoms with Crippen molar-refractivity contribution in [3.63, 3.8) is 0 Å². The third-order valence-electron chi connectivity index (χ3n) is 3.20. The third-order valence-corrected chi connectivity index (χ3v) is 3.43. The quantitative estimate of drug-likeness (QED) is 0.656. The number of hydrogen-bond donors (Lipinski definition) is 0. The summed E-state index contributed by atoms with van der Waals surface area (Å²) in [6.45, 7) is -0.134. The minimum absolute atomic E-state index is 0.134. The first-order valence-electron chi connectivity index (χ1n) is 7.06. The smallest absolute Gasteiger partial charge is 0.342 e. The molecule has 3 rings (SSSR count). The summed E-state index contributed by atoms with van der Waals surface area (Å²) in [5.41, 5.74) is 1.06. The average molecular weight is 345 g/mol. The zero-order valence-electron chi connectivity index (χ0n) is 12.7. The zero-order valence-corrected chi connectivity index (χ0v) is 13.5. The van der Waals surface area contributed by atoms with E-state index in [2.05, 4.69) is 10.2 Å². The lowest BCUT2D eigenvalue weighted by molar-refractivity contribution is 0.0435. The molecule has 0 saturated heterocycles. The van der Waals surface area contributed by atoms with Gasteiger partial charge in [0, 0.05) is 10.6 Å². The van der Waals surface area contributed by atoms with Crippen LogP contribution in [0.2, 0.25) is 5.02 Å². The molecule has 0 amide bonds. The van der Waals surface area contributed by atoms with Gasteiger partial charge in [-0.25, -0.2) is 4.79 Å². The van der Waals surface area contributed by atoms with Gasteiger partial charge in [-0.05, 0) is 30.3 Å². The van der Waals surface area contributed by atoms with Gasteiger partial charge >= 0.3 is 5.97 Å². The lowest BCUT2D eigenvalue weighted by atomic mass is 10.2. The highest BCUT2D eigenvalue weighted by Gasteiger charge is 2.16. The summed E-state index contributed by atoms with van der Waals surface area (Å²) in [4.78, 5) is 12.2. The van der Waals surface area contributed by atoms with Crippen molar-refractivity contribution >= 4 is 17.6 Å². The molecule has 0 radical (unpaired) electrons. The number of esters is 1. The molecule has 0 bridgehead atoms. The van der Waals surface area contributed by atoms with Crippen LogP contribution in [0.25, 0.3) is 11.5 Å². The Morgan fingerprint density at radius 2 is 1.96 bits per heavy atom. The number of aromatic nitrogens is 2. The molecule has 0 spiro atoms. The molecule has 0 aliphatic heterocycles. The highest BCUT2D eigenvalue weighted by molar-refractivity contribution is 6.30. The SMILES string of the molecule is COc1cc(Cl)ccc1C(=O)OCc1nnc(-c2ccccc2)o1. The number of halogens is 1. The van der Waals surface area contributed by atoms with Crippen LogP contribution in [-0.4, -0.2) is 23.3 Å². The van der Waals surface area contributed by atoms with Crippen molar-refractivity contribution in [2.24, 2.45) is 0 Å². The standard InChI is InChI=1S/C17H13ClN2O4/c1-22-14-9-12(18)7-8-13(14)17(21)23-10-15-19-20-16(24-15)11-5-3-2-4-6-11/h2-9H,10H2,1H3. The Morgan fingerprint density at radius 1 is 1.17 bits per heavy atom. The number of methoxy groups -OCH3 is 1. The molecule has 1 heterocycles. The first kappa shape index (κ1) is 16.0. The van der Waals surface area contributed by atoms with Crippen molar-refractivity contribution in [2.75, 3.05) is 7.11 Å². The Hall–Kier alpha value is -2.86. The number of ether oxygens (including phenoxy) is 2. The Bertz CT molecular complexity index is 849. The van der Waals surface area contributed by atoms with E-state index in [1.54, 1.807) is 12.1 Å². The van der Waals surface area contributed by atoms with E-state index in [9.17, 15) is 4.79 Å². The van der Waals surface area contributed by atoms with Gasteiger partial charge in [0.1, 0.15) is 11.3 Å². The highest BCUT2D eigenvalue weighted by atomic mass is 35.5. The third kappa shape index (κ3) is 3.55. The number of nitrogens with zero attached hydrogens (tertiary/aromatic N) is 2.